The fourth-order valence-electron chi connectivity index (χ4n) is 3.35. The summed E-state index contributed by atoms with van der Waals surface area (Å²) in [6.45, 7) is 3.00. The Morgan fingerprint density at radius 2 is 2.00 bits per heavy atom. The van der Waals surface area contributed by atoms with Crippen molar-refractivity contribution < 1.29 is 4.79 Å². The fraction of sp³-hybridized carbons (Fsp3) is 0.526. The molecule has 1 aliphatic heterocycles. The summed E-state index contributed by atoms with van der Waals surface area (Å²) in [5, 5.41) is 7.00. The SMILES string of the molecule is CN1CCC(N(C)c2ccc(NC(=O)CCCn3cncn3)cc2)CC1. The first-order valence-corrected chi connectivity index (χ1v) is 9.25. The molecule has 0 spiro atoms. The Hall–Kier alpha value is -2.41. The largest absolute Gasteiger partial charge is 0.372 e. The fourth-order valence-corrected chi connectivity index (χ4v) is 3.35. The molecule has 3 rings (SSSR count). The highest BCUT2D eigenvalue weighted by molar-refractivity contribution is 5.90. The number of hydrogen-bond donors (Lipinski definition) is 1. The maximum Gasteiger partial charge on any atom is 0.224 e. The van der Waals surface area contributed by atoms with Crippen LogP contribution in [-0.4, -0.2) is 58.8 Å². The second kappa shape index (κ2) is 8.80. The first-order chi connectivity index (χ1) is 12.6. The van der Waals surface area contributed by atoms with Gasteiger partial charge in [0.05, 0.1) is 0 Å². The van der Waals surface area contributed by atoms with E-state index in [1.54, 1.807) is 11.0 Å². The second-order valence-electron chi connectivity index (χ2n) is 7.00. The van der Waals surface area contributed by atoms with Crippen molar-refractivity contribution in [2.75, 3.05) is 37.4 Å². The molecule has 1 amide bonds. The van der Waals surface area contributed by atoms with Crippen molar-refractivity contribution in [2.24, 2.45) is 0 Å². The van der Waals surface area contributed by atoms with Gasteiger partial charge in [-0.15, -0.1) is 0 Å². The van der Waals surface area contributed by atoms with Crippen molar-refractivity contribution in [2.45, 2.75) is 38.3 Å². The number of nitrogens with zero attached hydrogens (tertiary/aromatic N) is 5. The molecule has 1 aromatic heterocycles. The van der Waals surface area contributed by atoms with E-state index < -0.39 is 0 Å². The lowest BCUT2D eigenvalue weighted by atomic mass is 10.0. The molecule has 0 radical (unpaired) electrons. The van der Waals surface area contributed by atoms with E-state index in [4.69, 9.17) is 0 Å². The standard InChI is InChI=1S/C19H28N6O/c1-23-12-9-18(10-13-23)24(2)17-7-5-16(6-8-17)22-19(26)4-3-11-25-15-20-14-21-25/h5-8,14-15,18H,3-4,9-13H2,1-2H3,(H,22,26). The van der Waals surface area contributed by atoms with Gasteiger partial charge in [-0.25, -0.2) is 4.98 Å². The van der Waals surface area contributed by atoms with Crippen LogP contribution in [0.15, 0.2) is 36.9 Å². The van der Waals surface area contributed by atoms with Crippen LogP contribution in [0.25, 0.3) is 0 Å². The van der Waals surface area contributed by atoms with E-state index in [1.807, 2.05) is 12.1 Å². The maximum absolute atomic E-state index is 12.1. The molecule has 0 saturated carbocycles. The van der Waals surface area contributed by atoms with Gasteiger partial charge in [-0.3, -0.25) is 9.48 Å². The number of carbonyl (C=O) groups excluding carboxylic acids is 1. The van der Waals surface area contributed by atoms with Crippen LogP contribution in [0.5, 0.6) is 0 Å². The lowest BCUT2D eigenvalue weighted by Gasteiger charge is -2.36. The molecule has 26 heavy (non-hydrogen) atoms. The van der Waals surface area contributed by atoms with Gasteiger partial charge in [-0.1, -0.05) is 0 Å². The topological polar surface area (TPSA) is 66.3 Å². The first kappa shape index (κ1) is 18.4. The lowest BCUT2D eigenvalue weighted by Crippen LogP contribution is -2.41. The van der Waals surface area contributed by atoms with Crippen LogP contribution < -0.4 is 10.2 Å². The van der Waals surface area contributed by atoms with Gasteiger partial charge in [-0.05, 0) is 63.7 Å². The molecule has 1 N–H and O–H groups in total. The third kappa shape index (κ3) is 5.05. The van der Waals surface area contributed by atoms with Gasteiger partial charge in [0.2, 0.25) is 5.91 Å². The number of amides is 1. The van der Waals surface area contributed by atoms with Crippen molar-refractivity contribution in [3.8, 4) is 0 Å². The van der Waals surface area contributed by atoms with Gasteiger partial charge < -0.3 is 15.1 Å². The van der Waals surface area contributed by atoms with Crippen molar-refractivity contribution in [3.63, 3.8) is 0 Å². The monoisotopic (exact) mass is 356 g/mol. The average Bonchev–Trinajstić information content (AvgIpc) is 3.16. The number of anilines is 2. The van der Waals surface area contributed by atoms with Crippen LogP contribution in [0.3, 0.4) is 0 Å². The van der Waals surface area contributed by atoms with Crippen molar-refractivity contribution in [3.05, 3.63) is 36.9 Å². The minimum Gasteiger partial charge on any atom is -0.372 e. The Labute approximate surface area is 155 Å². The van der Waals surface area contributed by atoms with Crippen LogP contribution in [0, 0.1) is 0 Å². The summed E-state index contributed by atoms with van der Waals surface area (Å²) in [5.74, 6) is 0.0292. The van der Waals surface area contributed by atoms with E-state index in [1.165, 1.54) is 24.9 Å². The van der Waals surface area contributed by atoms with E-state index in [-0.39, 0.29) is 5.91 Å². The molecule has 0 aliphatic carbocycles. The number of nitrogens with one attached hydrogen (secondary N) is 1. The van der Waals surface area contributed by atoms with Crippen LogP contribution in [0.1, 0.15) is 25.7 Å². The molecule has 7 heteroatoms. The zero-order chi connectivity index (χ0) is 18.4. The van der Waals surface area contributed by atoms with Crippen LogP contribution >= 0.6 is 0 Å². The van der Waals surface area contributed by atoms with E-state index in [0.717, 1.165) is 25.2 Å². The van der Waals surface area contributed by atoms with Crippen LogP contribution in [0.4, 0.5) is 11.4 Å². The maximum atomic E-state index is 12.1. The highest BCUT2D eigenvalue weighted by Crippen LogP contribution is 2.23. The van der Waals surface area contributed by atoms with Crippen molar-refractivity contribution >= 4 is 17.3 Å². The van der Waals surface area contributed by atoms with E-state index in [0.29, 0.717) is 19.0 Å². The number of aromatic nitrogens is 3. The molecule has 0 atom stereocenters. The summed E-state index contributed by atoms with van der Waals surface area (Å²) in [6, 6.07) is 8.72. The Balaban J connectivity index is 1.45. The number of hydrogen-bond acceptors (Lipinski definition) is 5. The summed E-state index contributed by atoms with van der Waals surface area (Å²) in [6.07, 6.45) is 6.76. The molecular formula is C19H28N6O. The third-order valence-electron chi connectivity index (χ3n) is 5.05. The summed E-state index contributed by atoms with van der Waals surface area (Å²) >= 11 is 0. The quantitative estimate of drug-likeness (QED) is 0.824. The van der Waals surface area contributed by atoms with Crippen LogP contribution in [-0.2, 0) is 11.3 Å². The van der Waals surface area contributed by atoms with Gasteiger partial charge in [0, 0.05) is 37.4 Å². The smallest absolute Gasteiger partial charge is 0.224 e. The van der Waals surface area contributed by atoms with Gasteiger partial charge in [0.15, 0.2) is 0 Å². The van der Waals surface area contributed by atoms with E-state index in [2.05, 4.69) is 51.4 Å². The molecule has 7 nitrogen and oxygen atoms in total. The highest BCUT2D eigenvalue weighted by Gasteiger charge is 2.20. The Morgan fingerprint density at radius 1 is 1.27 bits per heavy atom. The third-order valence-corrected chi connectivity index (χ3v) is 5.05. The Morgan fingerprint density at radius 3 is 2.65 bits per heavy atom. The second-order valence-corrected chi connectivity index (χ2v) is 7.00. The molecule has 1 aliphatic rings. The average molecular weight is 356 g/mol. The molecule has 140 valence electrons. The molecular weight excluding hydrogens is 328 g/mol. The van der Waals surface area contributed by atoms with Gasteiger partial charge in [0.25, 0.3) is 0 Å². The number of rotatable bonds is 7. The molecule has 0 bridgehead atoms. The van der Waals surface area contributed by atoms with Gasteiger partial charge in [-0.2, -0.15) is 5.10 Å². The minimum atomic E-state index is 0.0292. The number of aryl methyl sites for hydroxylation is 1. The first-order valence-electron chi connectivity index (χ1n) is 9.25. The van der Waals surface area contributed by atoms with E-state index >= 15 is 0 Å². The summed E-state index contributed by atoms with van der Waals surface area (Å²) in [5.41, 5.74) is 2.04. The predicted molar refractivity (Wildman–Crippen MR) is 103 cm³/mol. The van der Waals surface area contributed by atoms with E-state index in [9.17, 15) is 4.79 Å². The Kier molecular flexibility index (Phi) is 6.22. The van der Waals surface area contributed by atoms with Gasteiger partial charge >= 0.3 is 0 Å². The predicted octanol–water partition coefficient (Wildman–Crippen LogP) is 2.23. The van der Waals surface area contributed by atoms with Crippen LogP contribution in [0.2, 0.25) is 0 Å². The Bertz CT molecular complexity index is 677. The molecule has 1 aromatic carbocycles. The number of benzene rings is 1. The summed E-state index contributed by atoms with van der Waals surface area (Å²) in [4.78, 5) is 20.7. The minimum absolute atomic E-state index is 0.0292. The number of carbonyl (C=O) groups is 1. The summed E-state index contributed by atoms with van der Waals surface area (Å²) in [7, 11) is 4.34. The normalized spacial score (nSPS) is 15.8. The number of likely N-dealkylation sites (tertiary alicyclic amines) is 1. The zero-order valence-electron chi connectivity index (χ0n) is 15.6. The molecule has 2 aromatic rings. The lowest BCUT2D eigenvalue weighted by molar-refractivity contribution is -0.116. The van der Waals surface area contributed by atoms with Crippen molar-refractivity contribution in [1.82, 2.24) is 19.7 Å². The zero-order valence-corrected chi connectivity index (χ0v) is 15.6. The molecule has 1 fully saturated rings. The summed E-state index contributed by atoms with van der Waals surface area (Å²) < 4.78 is 1.74. The molecule has 1 saturated heterocycles. The van der Waals surface area contributed by atoms with Gasteiger partial charge in [0.1, 0.15) is 12.7 Å². The molecule has 0 unspecified atom stereocenters. The van der Waals surface area contributed by atoms with Crippen molar-refractivity contribution in [1.29, 1.82) is 0 Å². The molecule has 2 heterocycles. The highest BCUT2D eigenvalue weighted by atomic mass is 16.1. The number of piperidine rings is 1.